The Morgan fingerprint density at radius 3 is 2.61 bits per heavy atom. The van der Waals surface area contributed by atoms with Gasteiger partial charge in [-0.2, -0.15) is 4.98 Å². The second-order valence-corrected chi connectivity index (χ2v) is 10.1. The van der Waals surface area contributed by atoms with Crippen molar-refractivity contribution in [2.75, 3.05) is 17.7 Å². The fraction of sp³-hybridized carbons (Fsp3) is 0.217. The number of hydrogen-bond acceptors (Lipinski definition) is 7. The van der Waals surface area contributed by atoms with Gasteiger partial charge in [0.05, 0.1) is 10.2 Å². The number of hydrogen-bond donors (Lipinski definition) is 1. The molecule has 0 amide bonds. The molecule has 0 fully saturated rings. The average molecular weight is 479 g/mol. The normalized spacial score (nSPS) is 11.5. The van der Waals surface area contributed by atoms with Gasteiger partial charge in [0.2, 0.25) is 5.95 Å². The first-order valence-corrected chi connectivity index (χ1v) is 12.2. The van der Waals surface area contributed by atoms with E-state index < -0.39 is 11.2 Å². The van der Waals surface area contributed by atoms with Gasteiger partial charge in [-0.05, 0) is 17.7 Å². The zero-order valence-electron chi connectivity index (χ0n) is 18.2. The van der Waals surface area contributed by atoms with Crippen molar-refractivity contribution in [1.29, 1.82) is 0 Å². The molecule has 1 N–H and O–H groups in total. The number of fused-ring (bicyclic) bond motifs is 2. The number of aryl methyl sites for hydroxylation is 2. The zero-order chi connectivity index (χ0) is 22.9. The van der Waals surface area contributed by atoms with Gasteiger partial charge in [-0.25, -0.2) is 9.78 Å². The van der Waals surface area contributed by atoms with Crippen molar-refractivity contribution < 1.29 is 0 Å². The Morgan fingerprint density at radius 1 is 1.06 bits per heavy atom. The summed E-state index contributed by atoms with van der Waals surface area (Å²) in [5.74, 6) is 1.35. The molecule has 0 aliphatic rings. The van der Waals surface area contributed by atoms with E-state index in [-0.39, 0.29) is 0 Å². The summed E-state index contributed by atoms with van der Waals surface area (Å²) in [6, 6.07) is 18.1. The number of aromatic nitrogens is 5. The van der Waals surface area contributed by atoms with Crippen LogP contribution in [0.15, 0.2) is 68.5 Å². The van der Waals surface area contributed by atoms with Gasteiger partial charge in [0.15, 0.2) is 15.5 Å². The van der Waals surface area contributed by atoms with Gasteiger partial charge in [0.25, 0.3) is 5.56 Å². The van der Waals surface area contributed by atoms with Crippen LogP contribution in [0.3, 0.4) is 0 Å². The lowest BCUT2D eigenvalue weighted by Crippen LogP contribution is -2.29. The number of rotatable bonds is 7. The molecular formula is C23H22N6O2S2. The maximum atomic E-state index is 12.8. The van der Waals surface area contributed by atoms with Gasteiger partial charge in [-0.15, -0.1) is 11.3 Å². The molecule has 0 aliphatic carbocycles. The van der Waals surface area contributed by atoms with E-state index in [1.807, 2.05) is 52.9 Å². The van der Waals surface area contributed by atoms with Crippen LogP contribution in [0.25, 0.3) is 21.4 Å². The fourth-order valence-electron chi connectivity index (χ4n) is 3.79. The third-order valence-electron chi connectivity index (χ3n) is 5.41. The molecule has 10 heteroatoms. The average Bonchev–Trinajstić information content (AvgIpc) is 3.40. The molecular weight excluding hydrogens is 456 g/mol. The minimum absolute atomic E-state index is 0.378. The van der Waals surface area contributed by atoms with E-state index in [0.717, 1.165) is 20.1 Å². The Bertz CT molecular complexity index is 1520. The fourth-order valence-corrected chi connectivity index (χ4v) is 5.85. The Morgan fingerprint density at radius 2 is 1.82 bits per heavy atom. The summed E-state index contributed by atoms with van der Waals surface area (Å²) >= 11 is 3.31. The quantitative estimate of drug-likeness (QED) is 0.361. The van der Waals surface area contributed by atoms with Crippen molar-refractivity contribution in [3.63, 3.8) is 0 Å². The molecule has 0 aliphatic heterocycles. The van der Waals surface area contributed by atoms with Gasteiger partial charge in [-0.1, -0.05) is 54.2 Å². The molecule has 0 atom stereocenters. The Hall–Kier alpha value is -3.37. The highest BCUT2D eigenvalue weighted by Gasteiger charge is 2.20. The molecule has 0 saturated heterocycles. The van der Waals surface area contributed by atoms with E-state index in [1.54, 1.807) is 30.1 Å². The molecule has 2 aromatic carbocycles. The predicted octanol–water partition coefficient (Wildman–Crippen LogP) is 3.46. The monoisotopic (exact) mass is 478 g/mol. The first-order chi connectivity index (χ1) is 16.0. The van der Waals surface area contributed by atoms with Crippen LogP contribution in [0, 0.1) is 0 Å². The third kappa shape index (κ3) is 4.19. The maximum absolute atomic E-state index is 12.8. The molecule has 5 aromatic rings. The highest BCUT2D eigenvalue weighted by Crippen LogP contribution is 2.30. The predicted molar refractivity (Wildman–Crippen MR) is 134 cm³/mol. The van der Waals surface area contributed by atoms with Crippen molar-refractivity contribution in [3.8, 4) is 0 Å². The number of nitrogens with zero attached hydrogens (tertiary/aromatic N) is 5. The summed E-state index contributed by atoms with van der Waals surface area (Å²) in [7, 11) is 3.56. The number of anilines is 1. The number of thioether (sulfide) groups is 1. The van der Waals surface area contributed by atoms with E-state index in [9.17, 15) is 9.59 Å². The zero-order valence-corrected chi connectivity index (χ0v) is 19.8. The van der Waals surface area contributed by atoms with Gasteiger partial charge in [0, 0.05) is 32.9 Å². The SMILES string of the molecule is CN(Cc1ccccc1)c1nc2c(c(=O)[nH]c(=O)n2C)n1CCSc1nc2ccccc2s1. The number of para-hydroxylation sites is 1. The summed E-state index contributed by atoms with van der Waals surface area (Å²) in [6.07, 6.45) is 0. The number of H-pyrrole nitrogens is 1. The van der Waals surface area contributed by atoms with Crippen LogP contribution in [0.4, 0.5) is 5.95 Å². The first-order valence-electron chi connectivity index (χ1n) is 10.4. The van der Waals surface area contributed by atoms with Crippen molar-refractivity contribution >= 4 is 50.4 Å². The summed E-state index contributed by atoms with van der Waals surface area (Å²) in [5, 5.41) is 0. The lowest BCUT2D eigenvalue weighted by molar-refractivity contribution is 0.745. The second-order valence-electron chi connectivity index (χ2n) is 7.69. The summed E-state index contributed by atoms with van der Waals surface area (Å²) < 4.78 is 5.42. The lowest BCUT2D eigenvalue weighted by Gasteiger charge is -2.19. The Kier molecular flexibility index (Phi) is 5.77. The summed E-state index contributed by atoms with van der Waals surface area (Å²) in [6.45, 7) is 1.17. The second kappa shape index (κ2) is 8.87. The molecule has 0 radical (unpaired) electrons. The van der Waals surface area contributed by atoms with Gasteiger partial charge in [0.1, 0.15) is 0 Å². The Balaban J connectivity index is 1.48. The molecule has 33 heavy (non-hydrogen) atoms. The highest BCUT2D eigenvalue weighted by atomic mass is 32.2. The van der Waals surface area contributed by atoms with E-state index in [2.05, 4.69) is 28.2 Å². The number of thiazole rings is 1. The molecule has 3 heterocycles. The molecule has 3 aromatic heterocycles. The number of aromatic amines is 1. The van der Waals surface area contributed by atoms with Crippen LogP contribution in [-0.2, 0) is 20.1 Å². The van der Waals surface area contributed by atoms with E-state index in [0.29, 0.717) is 36.0 Å². The lowest BCUT2D eigenvalue weighted by atomic mass is 10.2. The third-order valence-corrected chi connectivity index (χ3v) is 7.57. The smallest absolute Gasteiger partial charge is 0.329 e. The van der Waals surface area contributed by atoms with Crippen LogP contribution in [0.1, 0.15) is 5.56 Å². The molecule has 168 valence electrons. The minimum Gasteiger partial charge on any atom is -0.341 e. The van der Waals surface area contributed by atoms with Crippen LogP contribution in [-0.4, -0.2) is 36.9 Å². The highest BCUT2D eigenvalue weighted by molar-refractivity contribution is 8.01. The van der Waals surface area contributed by atoms with Crippen molar-refractivity contribution in [1.82, 2.24) is 24.1 Å². The van der Waals surface area contributed by atoms with Gasteiger partial charge < -0.3 is 9.47 Å². The van der Waals surface area contributed by atoms with Gasteiger partial charge in [-0.3, -0.25) is 14.3 Å². The van der Waals surface area contributed by atoms with Crippen molar-refractivity contribution in [2.45, 2.75) is 17.4 Å². The molecule has 0 unspecified atom stereocenters. The number of nitrogens with one attached hydrogen (secondary N) is 1. The minimum atomic E-state index is -0.474. The first kappa shape index (κ1) is 21.5. The topological polar surface area (TPSA) is 88.8 Å². The van der Waals surface area contributed by atoms with Crippen LogP contribution >= 0.6 is 23.1 Å². The maximum Gasteiger partial charge on any atom is 0.329 e. The molecule has 0 spiro atoms. The van der Waals surface area contributed by atoms with Crippen LogP contribution in [0.5, 0.6) is 0 Å². The molecule has 0 bridgehead atoms. The van der Waals surface area contributed by atoms with Crippen LogP contribution < -0.4 is 16.1 Å². The van der Waals surface area contributed by atoms with Gasteiger partial charge >= 0.3 is 5.69 Å². The number of benzene rings is 2. The molecule has 0 saturated carbocycles. The standard InChI is InChI=1S/C23H22N6O2S2/c1-27(14-15-8-4-3-5-9-15)21-25-19-18(20(30)26-22(31)28(19)2)29(21)12-13-32-23-24-16-10-6-7-11-17(16)33-23/h3-11H,12-14H2,1-2H3,(H,26,30,31). The summed E-state index contributed by atoms with van der Waals surface area (Å²) in [4.78, 5) is 38.7. The van der Waals surface area contributed by atoms with E-state index >= 15 is 0 Å². The summed E-state index contributed by atoms with van der Waals surface area (Å²) in [5.41, 5.74) is 2.00. The van der Waals surface area contributed by atoms with E-state index in [1.165, 1.54) is 4.57 Å². The molecule has 5 rings (SSSR count). The Labute approximate surface area is 197 Å². The van der Waals surface area contributed by atoms with Crippen LogP contribution in [0.2, 0.25) is 0 Å². The number of imidazole rings is 1. The van der Waals surface area contributed by atoms with E-state index in [4.69, 9.17) is 4.98 Å². The largest absolute Gasteiger partial charge is 0.341 e. The molecule has 8 nitrogen and oxygen atoms in total. The van der Waals surface area contributed by atoms with Crippen molar-refractivity contribution in [3.05, 3.63) is 81.0 Å². The van der Waals surface area contributed by atoms with Crippen molar-refractivity contribution in [2.24, 2.45) is 7.05 Å².